The molecular formula is C20H21N3O3S. The molecule has 1 fully saturated rings. The van der Waals surface area contributed by atoms with Crippen molar-refractivity contribution in [2.24, 2.45) is 0 Å². The van der Waals surface area contributed by atoms with Crippen LogP contribution in [0.5, 0.6) is 5.75 Å². The van der Waals surface area contributed by atoms with Crippen molar-refractivity contribution in [1.29, 1.82) is 0 Å². The number of carbonyl (C=O) groups is 1. The molecular weight excluding hydrogens is 362 g/mol. The van der Waals surface area contributed by atoms with E-state index < -0.39 is 0 Å². The average Bonchev–Trinajstić information content (AvgIpc) is 3.19. The zero-order valence-corrected chi connectivity index (χ0v) is 16.1. The number of nitrogens with zero attached hydrogens (tertiary/aromatic N) is 2. The van der Waals surface area contributed by atoms with Gasteiger partial charge in [0.15, 0.2) is 6.61 Å². The molecule has 1 N–H and O–H groups in total. The highest BCUT2D eigenvalue weighted by Crippen LogP contribution is 2.38. The Labute approximate surface area is 161 Å². The number of rotatable bonds is 6. The third-order valence-corrected chi connectivity index (χ3v) is 5.71. The molecule has 0 bridgehead atoms. The number of thiophene rings is 1. The Bertz CT molecular complexity index is 959. The topological polar surface area (TPSA) is 77.2 Å². The number of benzene rings is 1. The van der Waals surface area contributed by atoms with Crippen LogP contribution >= 0.6 is 11.3 Å². The lowest BCUT2D eigenvalue weighted by molar-refractivity contribution is -0.118. The molecule has 0 spiro atoms. The summed E-state index contributed by atoms with van der Waals surface area (Å²) in [5.41, 5.74) is 1.84. The summed E-state index contributed by atoms with van der Waals surface area (Å²) < 4.78 is 10.9. The molecule has 2 heterocycles. The lowest BCUT2D eigenvalue weighted by Crippen LogP contribution is -2.20. The maximum Gasteiger partial charge on any atom is 0.262 e. The van der Waals surface area contributed by atoms with Gasteiger partial charge in [-0.3, -0.25) is 4.79 Å². The number of hydrogen-bond acceptors (Lipinski definition) is 6. The molecule has 6 nitrogen and oxygen atoms in total. The van der Waals surface area contributed by atoms with E-state index in [0.717, 1.165) is 39.7 Å². The zero-order chi connectivity index (χ0) is 18.8. The van der Waals surface area contributed by atoms with Gasteiger partial charge in [-0.2, -0.15) is 4.98 Å². The highest BCUT2D eigenvalue weighted by molar-refractivity contribution is 7.16. The van der Waals surface area contributed by atoms with E-state index in [1.165, 1.54) is 17.8 Å². The van der Waals surface area contributed by atoms with Crippen LogP contribution in [0.15, 0.2) is 34.9 Å². The van der Waals surface area contributed by atoms with Gasteiger partial charge in [-0.25, -0.2) is 0 Å². The summed E-state index contributed by atoms with van der Waals surface area (Å²) in [6.45, 7) is 3.90. The molecule has 0 unspecified atom stereocenters. The average molecular weight is 383 g/mol. The Morgan fingerprint density at radius 1 is 1.33 bits per heavy atom. The van der Waals surface area contributed by atoms with Crippen LogP contribution in [-0.2, 0) is 4.79 Å². The van der Waals surface area contributed by atoms with E-state index in [1.807, 2.05) is 44.2 Å². The van der Waals surface area contributed by atoms with Gasteiger partial charge in [0.2, 0.25) is 11.7 Å². The van der Waals surface area contributed by atoms with Crippen LogP contribution in [0.1, 0.15) is 41.5 Å². The summed E-state index contributed by atoms with van der Waals surface area (Å²) in [5.74, 6) is 2.20. The largest absolute Gasteiger partial charge is 0.484 e. The van der Waals surface area contributed by atoms with Crippen LogP contribution in [0.3, 0.4) is 0 Å². The number of ether oxygens (including phenoxy) is 1. The quantitative estimate of drug-likeness (QED) is 0.667. The first-order valence-electron chi connectivity index (χ1n) is 9.02. The predicted molar refractivity (Wildman–Crippen MR) is 104 cm³/mol. The van der Waals surface area contributed by atoms with E-state index in [-0.39, 0.29) is 12.5 Å². The lowest BCUT2D eigenvalue weighted by atomic mass is 9.85. The van der Waals surface area contributed by atoms with Crippen molar-refractivity contribution < 1.29 is 14.1 Å². The number of nitrogens with one attached hydrogen (secondary N) is 1. The highest BCUT2D eigenvalue weighted by Gasteiger charge is 2.26. The standard InChI is InChI=1S/C20H21N3O3S/c1-12-5-3-8-15(9-12)25-11-18(24)21-16-10-17(27-13(16)2)19-22-20(26-23-19)14-6-4-7-14/h3,5,8-10,14H,4,6-7,11H2,1-2H3,(H,21,24). The first-order chi connectivity index (χ1) is 13.1. The first-order valence-corrected chi connectivity index (χ1v) is 9.84. The third kappa shape index (κ3) is 4.03. The van der Waals surface area contributed by atoms with Gasteiger partial charge >= 0.3 is 0 Å². The Morgan fingerprint density at radius 2 is 2.19 bits per heavy atom. The molecule has 1 saturated carbocycles. The number of carbonyl (C=O) groups excluding carboxylic acids is 1. The molecule has 0 aliphatic heterocycles. The molecule has 4 rings (SSSR count). The number of aryl methyl sites for hydroxylation is 2. The van der Waals surface area contributed by atoms with Crippen LogP contribution in [0.25, 0.3) is 10.7 Å². The van der Waals surface area contributed by atoms with Crippen LogP contribution in [-0.4, -0.2) is 22.7 Å². The van der Waals surface area contributed by atoms with Crippen molar-refractivity contribution in [3.05, 3.63) is 46.7 Å². The van der Waals surface area contributed by atoms with Crippen LogP contribution < -0.4 is 10.1 Å². The minimum Gasteiger partial charge on any atom is -0.484 e. The summed E-state index contributed by atoms with van der Waals surface area (Å²) in [6.07, 6.45) is 3.46. The van der Waals surface area contributed by atoms with E-state index in [1.54, 1.807) is 0 Å². The zero-order valence-electron chi connectivity index (χ0n) is 15.3. The molecule has 2 aromatic heterocycles. The fourth-order valence-corrected chi connectivity index (χ4v) is 3.81. The smallest absolute Gasteiger partial charge is 0.262 e. The van der Waals surface area contributed by atoms with Gasteiger partial charge in [-0.05, 0) is 50.5 Å². The van der Waals surface area contributed by atoms with Gasteiger partial charge < -0.3 is 14.6 Å². The van der Waals surface area contributed by atoms with E-state index in [0.29, 0.717) is 17.5 Å². The fourth-order valence-electron chi connectivity index (χ4n) is 2.91. The molecule has 1 aromatic carbocycles. The molecule has 0 saturated heterocycles. The Morgan fingerprint density at radius 3 is 2.93 bits per heavy atom. The van der Waals surface area contributed by atoms with Crippen LogP contribution in [0.2, 0.25) is 0 Å². The maximum absolute atomic E-state index is 12.2. The van der Waals surface area contributed by atoms with Gasteiger partial charge in [0.25, 0.3) is 5.91 Å². The van der Waals surface area contributed by atoms with Gasteiger partial charge in [0.1, 0.15) is 5.75 Å². The van der Waals surface area contributed by atoms with Gasteiger partial charge in [-0.1, -0.05) is 23.7 Å². The van der Waals surface area contributed by atoms with Crippen molar-refractivity contribution in [3.8, 4) is 16.5 Å². The van der Waals surface area contributed by atoms with Gasteiger partial charge in [-0.15, -0.1) is 11.3 Å². The molecule has 7 heteroatoms. The first kappa shape index (κ1) is 17.7. The van der Waals surface area contributed by atoms with E-state index >= 15 is 0 Å². The van der Waals surface area contributed by atoms with Crippen LogP contribution in [0, 0.1) is 13.8 Å². The second kappa shape index (κ2) is 7.52. The molecule has 140 valence electrons. The number of amides is 1. The fraction of sp³-hybridized carbons (Fsp3) is 0.350. The maximum atomic E-state index is 12.2. The van der Waals surface area contributed by atoms with Gasteiger partial charge in [0.05, 0.1) is 10.6 Å². The summed E-state index contributed by atoms with van der Waals surface area (Å²) in [6, 6.07) is 9.51. The Hall–Kier alpha value is -2.67. The second-order valence-corrected chi connectivity index (χ2v) is 8.07. The Balaban J connectivity index is 1.39. The highest BCUT2D eigenvalue weighted by atomic mass is 32.1. The third-order valence-electron chi connectivity index (χ3n) is 4.67. The monoisotopic (exact) mass is 383 g/mol. The van der Waals surface area contributed by atoms with Crippen molar-refractivity contribution in [2.75, 3.05) is 11.9 Å². The predicted octanol–water partition coefficient (Wildman–Crippen LogP) is 4.70. The van der Waals surface area contributed by atoms with E-state index in [2.05, 4.69) is 15.5 Å². The SMILES string of the molecule is Cc1cccc(OCC(=O)Nc2cc(-c3noc(C4CCC4)n3)sc2C)c1. The summed E-state index contributed by atoms with van der Waals surface area (Å²) in [5, 5.41) is 6.99. The molecule has 27 heavy (non-hydrogen) atoms. The lowest BCUT2D eigenvalue weighted by Gasteiger charge is -2.20. The van der Waals surface area contributed by atoms with Crippen molar-refractivity contribution >= 4 is 22.9 Å². The van der Waals surface area contributed by atoms with E-state index in [4.69, 9.17) is 9.26 Å². The van der Waals surface area contributed by atoms with E-state index in [9.17, 15) is 4.79 Å². The normalized spacial score (nSPS) is 14.0. The summed E-state index contributed by atoms with van der Waals surface area (Å²) in [7, 11) is 0. The molecule has 0 atom stereocenters. The molecule has 0 radical (unpaired) electrons. The molecule has 3 aromatic rings. The number of aromatic nitrogens is 2. The number of anilines is 1. The molecule has 1 aliphatic rings. The minimum absolute atomic E-state index is 0.0396. The molecule has 1 aliphatic carbocycles. The van der Waals surface area contributed by atoms with Crippen molar-refractivity contribution in [2.45, 2.75) is 39.0 Å². The second-order valence-electron chi connectivity index (χ2n) is 6.82. The van der Waals surface area contributed by atoms with Crippen molar-refractivity contribution in [3.63, 3.8) is 0 Å². The van der Waals surface area contributed by atoms with Crippen LogP contribution in [0.4, 0.5) is 5.69 Å². The van der Waals surface area contributed by atoms with Gasteiger partial charge in [0, 0.05) is 10.8 Å². The van der Waals surface area contributed by atoms with Crippen molar-refractivity contribution in [1.82, 2.24) is 10.1 Å². The minimum atomic E-state index is -0.202. The number of hydrogen-bond donors (Lipinski definition) is 1. The molecule has 1 amide bonds. The summed E-state index contributed by atoms with van der Waals surface area (Å²) >= 11 is 1.54. The summed E-state index contributed by atoms with van der Waals surface area (Å²) in [4.78, 5) is 18.6. The Kier molecular flexibility index (Phi) is 4.94.